The number of carbonyl (C=O) groups excluding carboxylic acids is 5. The minimum atomic E-state index is -5.15. The number of hydrogen-bond acceptors (Lipinski definition) is 9. The Balaban J connectivity index is 1.23. The first-order valence-corrected chi connectivity index (χ1v) is 18.5. The number of aliphatic hydroxyl groups excluding tert-OH is 1. The van der Waals surface area contributed by atoms with E-state index in [0.29, 0.717) is 56.6 Å². The van der Waals surface area contributed by atoms with E-state index in [1.807, 2.05) is 6.92 Å². The van der Waals surface area contributed by atoms with Crippen LogP contribution in [0.15, 0.2) is 54.6 Å². The van der Waals surface area contributed by atoms with Crippen LogP contribution in [0.1, 0.15) is 103 Å². The van der Waals surface area contributed by atoms with Gasteiger partial charge in [-0.15, -0.1) is 0 Å². The molecule has 1 spiro atoms. The molecule has 4 amide bonds. The van der Waals surface area contributed by atoms with Gasteiger partial charge in [0, 0.05) is 78.8 Å². The minimum absolute atomic E-state index is 0.0375. The summed E-state index contributed by atoms with van der Waals surface area (Å²) in [5.41, 5.74) is -0.443. The normalized spacial score (nSPS) is 16.0. The van der Waals surface area contributed by atoms with Crippen molar-refractivity contribution in [2.45, 2.75) is 83.1 Å². The molecule has 3 aromatic carbocycles. The third kappa shape index (κ3) is 9.84. The van der Waals surface area contributed by atoms with E-state index in [9.17, 15) is 37.1 Å². The lowest BCUT2D eigenvalue weighted by atomic mass is 9.77. The lowest BCUT2D eigenvalue weighted by molar-refractivity contribution is -0.167. The van der Waals surface area contributed by atoms with E-state index in [1.165, 1.54) is 49.4 Å². The fourth-order valence-electron chi connectivity index (χ4n) is 6.63. The van der Waals surface area contributed by atoms with Crippen LogP contribution in [0.5, 0.6) is 11.5 Å². The summed E-state index contributed by atoms with van der Waals surface area (Å²) in [6.45, 7) is 5.00. The number of amides is 4. The van der Waals surface area contributed by atoms with Crippen molar-refractivity contribution in [1.82, 2.24) is 10.6 Å². The van der Waals surface area contributed by atoms with Gasteiger partial charge in [-0.05, 0) is 81.0 Å². The van der Waals surface area contributed by atoms with Gasteiger partial charge in [0.2, 0.25) is 13.2 Å². The maximum Gasteiger partial charge on any atom is 0.471 e. The first kappa shape index (κ1) is 40.2. The Bertz CT molecular complexity index is 1980. The summed E-state index contributed by atoms with van der Waals surface area (Å²) in [6.07, 6.45) is 0.230. The smallest absolute Gasteiger partial charge is 0.456 e. The number of alkyl halides is 3. The molecule has 0 saturated heterocycles. The molecule has 2 aliphatic rings. The van der Waals surface area contributed by atoms with Crippen LogP contribution in [-0.4, -0.2) is 74.7 Å². The molecule has 2 atom stereocenters. The van der Waals surface area contributed by atoms with E-state index >= 15 is 0 Å². The van der Waals surface area contributed by atoms with Gasteiger partial charge in [-0.1, -0.05) is 13.3 Å². The third-order valence-electron chi connectivity index (χ3n) is 9.29. The highest BCUT2D eigenvalue weighted by molar-refractivity contribution is 6.01. The molecule has 0 fully saturated rings. The fraction of sp³-hybridized carbons (Fsp3) is 0.425. The summed E-state index contributed by atoms with van der Waals surface area (Å²) in [5.74, 6) is -3.71. The molecule has 5 N–H and O–H groups in total. The molecule has 0 bridgehead atoms. The van der Waals surface area contributed by atoms with Gasteiger partial charge in [0.1, 0.15) is 11.5 Å². The number of esters is 1. The number of halogens is 3. The van der Waals surface area contributed by atoms with Crippen LogP contribution in [0.3, 0.4) is 0 Å². The van der Waals surface area contributed by atoms with Gasteiger partial charge < -0.3 is 40.6 Å². The quantitative estimate of drug-likeness (QED) is 0.0712. The fourth-order valence-corrected chi connectivity index (χ4v) is 6.63. The maximum atomic E-state index is 13.4. The molecular weight excluding hydrogens is 737 g/mol. The molecule has 3 aromatic rings. The zero-order valence-corrected chi connectivity index (χ0v) is 31.1. The maximum absolute atomic E-state index is 13.4. The number of ether oxygens (including phenoxy) is 3. The molecule has 300 valence electrons. The van der Waals surface area contributed by atoms with Crippen molar-refractivity contribution in [3.8, 4) is 11.5 Å². The molecule has 0 aliphatic carbocycles. The molecule has 2 heterocycles. The highest BCUT2D eigenvalue weighted by Gasteiger charge is 2.54. The monoisotopic (exact) mass is 783 g/mol. The number of aliphatic hydroxyl groups is 1. The number of fused-ring (bicyclic) bond motifs is 6. The molecule has 5 rings (SSSR count). The molecule has 0 aromatic heterocycles. The van der Waals surface area contributed by atoms with Crippen molar-refractivity contribution in [3.05, 3.63) is 82.4 Å². The summed E-state index contributed by atoms with van der Waals surface area (Å²) in [4.78, 5) is 62.6. The average molecular weight is 784 g/mol. The average Bonchev–Trinajstić information content (AvgIpc) is 3.45. The van der Waals surface area contributed by atoms with E-state index in [2.05, 4.69) is 21.1 Å². The van der Waals surface area contributed by atoms with E-state index in [-0.39, 0.29) is 64.0 Å². The van der Waals surface area contributed by atoms with Gasteiger partial charge in [-0.2, -0.15) is 13.2 Å². The Hall–Kier alpha value is -5.48. The molecule has 16 heteroatoms. The predicted octanol–water partition coefficient (Wildman–Crippen LogP) is 6.08. The molecule has 56 heavy (non-hydrogen) atoms. The largest absolute Gasteiger partial charge is 0.471 e. The van der Waals surface area contributed by atoms with E-state index in [0.717, 1.165) is 25.7 Å². The molecule has 0 radical (unpaired) electrons. The number of nitrogens with one attached hydrogen (secondary N) is 4. The third-order valence-corrected chi connectivity index (χ3v) is 9.29. The van der Waals surface area contributed by atoms with Crippen molar-refractivity contribution in [3.63, 3.8) is 0 Å². The number of hydrogen-bond donors (Lipinski definition) is 5. The Morgan fingerprint density at radius 3 is 2.21 bits per heavy atom. The highest BCUT2D eigenvalue weighted by atomic mass is 19.4. The Morgan fingerprint density at radius 1 is 0.875 bits per heavy atom. The number of benzene rings is 3. The number of rotatable bonds is 19. The number of carbonyl (C=O) groups is 5. The van der Waals surface area contributed by atoms with Crippen LogP contribution in [-0.2, 0) is 29.5 Å². The van der Waals surface area contributed by atoms with Crippen LogP contribution in [0, 0.1) is 0 Å². The molecule has 0 saturated carbocycles. The Kier molecular flexibility index (Phi) is 13.2. The van der Waals surface area contributed by atoms with Gasteiger partial charge in [-0.3, -0.25) is 19.2 Å². The summed E-state index contributed by atoms with van der Waals surface area (Å²) in [5, 5.41) is 14.7. The van der Waals surface area contributed by atoms with Crippen molar-refractivity contribution < 1.29 is 56.5 Å². The summed E-state index contributed by atoms with van der Waals surface area (Å²) < 4.78 is 64.0. The molecular formula is C40H45F3N4O9. The first-order chi connectivity index (χ1) is 27.3. The lowest BCUT2D eigenvalue weighted by Crippen LogP contribution is -2.34. The van der Waals surface area contributed by atoms with Crippen molar-refractivity contribution in [1.29, 1.82) is 1.43 Å². The van der Waals surface area contributed by atoms with Crippen LogP contribution < -0.4 is 26.0 Å². The Morgan fingerprint density at radius 2 is 1.55 bits per heavy atom. The van der Waals surface area contributed by atoms with Crippen LogP contribution in [0.25, 0.3) is 0 Å². The molecule has 2 aliphatic heterocycles. The van der Waals surface area contributed by atoms with E-state index in [1.54, 1.807) is 17.4 Å². The first-order valence-electron chi connectivity index (χ1n) is 18.9. The Labute approximate surface area is 323 Å². The number of unbranched alkanes of at least 4 members (excludes halogenated alkanes) is 3. The SMILES string of the molecule is [2H]OCC(CCCCNC(=O)CCCCCNC(=O)c1ccc2c(c1)C1(OC2=O)c2ccc(NC(C)=O)cc2Oc2cc(NC(=O)C(F)(F)F)ccc21)OCCC. The lowest BCUT2D eigenvalue weighted by Gasteiger charge is -2.37. The second kappa shape index (κ2) is 18.4. The van der Waals surface area contributed by atoms with Crippen molar-refractivity contribution in [2.75, 3.05) is 36.9 Å². The predicted molar refractivity (Wildman–Crippen MR) is 198 cm³/mol. The van der Waals surface area contributed by atoms with Gasteiger partial charge in [0.05, 0.1) is 18.3 Å². The molecule has 2 unspecified atom stereocenters. The minimum Gasteiger partial charge on any atom is -0.456 e. The number of anilines is 2. The second-order valence-corrected chi connectivity index (χ2v) is 13.6. The van der Waals surface area contributed by atoms with Crippen LogP contribution in [0.4, 0.5) is 24.5 Å². The van der Waals surface area contributed by atoms with E-state index in [4.69, 9.17) is 15.6 Å². The zero-order valence-electron chi connectivity index (χ0n) is 32.1. The van der Waals surface area contributed by atoms with Crippen LogP contribution in [0.2, 0.25) is 0 Å². The summed E-state index contributed by atoms with van der Waals surface area (Å²) in [6, 6.07) is 12.8. The van der Waals surface area contributed by atoms with Crippen molar-refractivity contribution >= 4 is 41.0 Å². The standard InChI is InChI=1S/C40H45F3N4O9/c1-3-19-54-28(23-48)9-6-8-17-44-35(50)10-5-4-7-18-45-36(51)25-11-14-29-32(20-25)39(56-37(29)52)30-15-12-26(46-24(2)49)21-33(30)55-34-22-27(13-16-31(34)39)47-38(53)40(41,42)43/h11-16,20-22,28,48H,3-10,17-19,23H2,1-2H3,(H,44,50)(H,45,51)(H,46,49)(H,47,53)/i48D. The summed E-state index contributed by atoms with van der Waals surface area (Å²) in [7, 11) is 0. The van der Waals surface area contributed by atoms with Crippen LogP contribution >= 0.6 is 0 Å². The topological polar surface area (TPSA) is 181 Å². The van der Waals surface area contributed by atoms with E-state index < -0.39 is 29.6 Å². The summed E-state index contributed by atoms with van der Waals surface area (Å²) >= 11 is 0. The zero-order chi connectivity index (χ0) is 41.2. The van der Waals surface area contributed by atoms with Gasteiger partial charge in [0.15, 0.2) is 5.60 Å². The van der Waals surface area contributed by atoms with Gasteiger partial charge >= 0.3 is 18.1 Å². The van der Waals surface area contributed by atoms with Crippen molar-refractivity contribution in [2.24, 2.45) is 0 Å². The molecule has 13 nitrogen and oxygen atoms in total. The van der Waals surface area contributed by atoms with Gasteiger partial charge in [0.25, 0.3) is 5.91 Å². The second-order valence-electron chi connectivity index (χ2n) is 13.6. The van der Waals surface area contributed by atoms with Gasteiger partial charge in [-0.25, -0.2) is 4.79 Å². The highest BCUT2D eigenvalue weighted by Crippen LogP contribution is 2.57.